The number of hydrogen-bond donors (Lipinski definition) is 2. The van der Waals surface area contributed by atoms with E-state index < -0.39 is 0 Å². The van der Waals surface area contributed by atoms with Crippen molar-refractivity contribution in [2.24, 2.45) is 4.99 Å². The summed E-state index contributed by atoms with van der Waals surface area (Å²) in [6.45, 7) is 5.84. The van der Waals surface area contributed by atoms with Crippen LogP contribution in [0.1, 0.15) is 44.7 Å². The van der Waals surface area contributed by atoms with Gasteiger partial charge in [0.05, 0.1) is 25.0 Å². The molecule has 1 unspecified atom stereocenters. The fourth-order valence-electron chi connectivity index (χ4n) is 4.50. The van der Waals surface area contributed by atoms with Crippen LogP contribution in [0.2, 0.25) is 0 Å². The first-order chi connectivity index (χ1) is 14.7. The fraction of sp³-hybridized carbons (Fsp3) is 0.565. The van der Waals surface area contributed by atoms with Crippen LogP contribution in [0.3, 0.4) is 0 Å². The van der Waals surface area contributed by atoms with Crippen LogP contribution in [0.25, 0.3) is 5.69 Å². The molecule has 0 bridgehead atoms. The van der Waals surface area contributed by atoms with Crippen molar-refractivity contribution in [3.63, 3.8) is 0 Å². The maximum Gasteiger partial charge on any atom is 0.191 e. The molecule has 7 nitrogen and oxygen atoms in total. The lowest BCUT2D eigenvalue weighted by molar-refractivity contribution is 0.242. The van der Waals surface area contributed by atoms with Crippen molar-refractivity contribution in [2.75, 3.05) is 26.7 Å². The van der Waals surface area contributed by atoms with Crippen LogP contribution in [0.5, 0.6) is 5.75 Å². The van der Waals surface area contributed by atoms with E-state index in [1.165, 1.54) is 38.6 Å². The maximum atomic E-state index is 5.22. The number of nitrogens with zero attached hydrogens (tertiary/aromatic N) is 4. The van der Waals surface area contributed by atoms with E-state index in [4.69, 9.17) is 9.73 Å². The Morgan fingerprint density at radius 3 is 2.70 bits per heavy atom. The number of ether oxygens (including phenoxy) is 1. The number of methoxy groups -OCH3 is 1. The topological polar surface area (TPSA) is 66.7 Å². The molecular weight excluding hydrogens is 376 g/mol. The summed E-state index contributed by atoms with van der Waals surface area (Å²) in [5, 5.41) is 11.7. The molecule has 2 aliphatic rings. The van der Waals surface area contributed by atoms with E-state index in [1.807, 2.05) is 41.2 Å². The Morgan fingerprint density at radius 1 is 1.17 bits per heavy atom. The van der Waals surface area contributed by atoms with E-state index in [0.29, 0.717) is 12.6 Å². The van der Waals surface area contributed by atoms with E-state index in [9.17, 15) is 0 Å². The molecule has 1 aromatic carbocycles. The van der Waals surface area contributed by atoms with Crippen LogP contribution in [0, 0.1) is 0 Å². The minimum absolute atomic E-state index is 0.472. The molecule has 2 fully saturated rings. The predicted octanol–water partition coefficient (Wildman–Crippen LogP) is 2.95. The van der Waals surface area contributed by atoms with Crippen LogP contribution in [-0.2, 0) is 6.54 Å². The molecule has 1 saturated heterocycles. The standard InChI is InChI=1S/C23H34N6O/c1-3-24-23(26-19-12-14-28(17-19)20-6-4-5-7-20)25-16-18-13-15-29(27-18)21-8-10-22(30-2)11-9-21/h8-11,13,15,19-20H,3-7,12,14,16-17H2,1-2H3,(H2,24,25,26). The number of benzene rings is 1. The largest absolute Gasteiger partial charge is 0.497 e. The molecule has 2 N–H and O–H groups in total. The van der Waals surface area contributed by atoms with Crippen LogP contribution < -0.4 is 15.4 Å². The monoisotopic (exact) mass is 410 g/mol. The first-order valence-electron chi connectivity index (χ1n) is 11.2. The predicted molar refractivity (Wildman–Crippen MR) is 120 cm³/mol. The van der Waals surface area contributed by atoms with E-state index in [1.54, 1.807) is 7.11 Å². The minimum atomic E-state index is 0.472. The second-order valence-corrected chi connectivity index (χ2v) is 8.21. The van der Waals surface area contributed by atoms with Crippen LogP contribution in [0.4, 0.5) is 0 Å². The second-order valence-electron chi connectivity index (χ2n) is 8.21. The zero-order chi connectivity index (χ0) is 20.8. The van der Waals surface area contributed by atoms with Gasteiger partial charge < -0.3 is 15.4 Å². The van der Waals surface area contributed by atoms with Gasteiger partial charge in [-0.25, -0.2) is 9.67 Å². The van der Waals surface area contributed by atoms with Crippen LogP contribution >= 0.6 is 0 Å². The number of aliphatic imine (C=N–C) groups is 1. The van der Waals surface area contributed by atoms with Gasteiger partial charge in [0.2, 0.25) is 0 Å². The molecular formula is C23H34N6O. The summed E-state index contributed by atoms with van der Waals surface area (Å²) in [4.78, 5) is 7.46. The highest BCUT2D eigenvalue weighted by Crippen LogP contribution is 2.26. The summed E-state index contributed by atoms with van der Waals surface area (Å²) < 4.78 is 7.10. The molecule has 1 aromatic heterocycles. The van der Waals surface area contributed by atoms with Crippen LogP contribution in [0.15, 0.2) is 41.5 Å². The molecule has 162 valence electrons. The summed E-state index contributed by atoms with van der Waals surface area (Å²) in [7, 11) is 1.67. The Bertz CT molecular complexity index is 824. The molecule has 2 aromatic rings. The Morgan fingerprint density at radius 2 is 1.97 bits per heavy atom. The first kappa shape index (κ1) is 20.7. The maximum absolute atomic E-state index is 5.22. The van der Waals surface area contributed by atoms with Crippen molar-refractivity contribution < 1.29 is 4.74 Å². The average molecular weight is 411 g/mol. The summed E-state index contributed by atoms with van der Waals surface area (Å²) in [6, 6.07) is 11.2. The summed E-state index contributed by atoms with van der Waals surface area (Å²) >= 11 is 0. The third-order valence-corrected chi connectivity index (χ3v) is 6.13. The first-order valence-corrected chi connectivity index (χ1v) is 11.2. The van der Waals surface area contributed by atoms with Crippen molar-refractivity contribution >= 4 is 5.96 Å². The van der Waals surface area contributed by atoms with Gasteiger partial charge in [0, 0.05) is 37.9 Å². The lowest BCUT2D eigenvalue weighted by Crippen LogP contribution is -2.45. The highest BCUT2D eigenvalue weighted by Gasteiger charge is 2.30. The quantitative estimate of drug-likeness (QED) is 0.543. The van der Waals surface area contributed by atoms with E-state index in [-0.39, 0.29) is 0 Å². The van der Waals surface area contributed by atoms with Crippen molar-refractivity contribution in [3.05, 3.63) is 42.2 Å². The zero-order valence-corrected chi connectivity index (χ0v) is 18.2. The smallest absolute Gasteiger partial charge is 0.191 e. The van der Waals surface area contributed by atoms with Gasteiger partial charge >= 0.3 is 0 Å². The third kappa shape index (κ3) is 5.14. The summed E-state index contributed by atoms with van der Waals surface area (Å²) in [6.07, 6.45) is 8.70. The molecule has 30 heavy (non-hydrogen) atoms. The summed E-state index contributed by atoms with van der Waals surface area (Å²) in [5.74, 6) is 1.73. The van der Waals surface area contributed by atoms with Gasteiger partial charge in [-0.1, -0.05) is 12.8 Å². The number of aromatic nitrogens is 2. The highest BCUT2D eigenvalue weighted by atomic mass is 16.5. The Labute approximate surface area is 179 Å². The number of rotatable bonds is 7. The van der Waals surface area contributed by atoms with Crippen molar-refractivity contribution in [2.45, 2.75) is 57.7 Å². The number of hydrogen-bond acceptors (Lipinski definition) is 4. The van der Waals surface area contributed by atoms with Gasteiger partial charge in [0.1, 0.15) is 5.75 Å². The van der Waals surface area contributed by atoms with Crippen molar-refractivity contribution in [1.29, 1.82) is 0 Å². The lowest BCUT2D eigenvalue weighted by atomic mass is 10.2. The van der Waals surface area contributed by atoms with Crippen molar-refractivity contribution in [1.82, 2.24) is 25.3 Å². The lowest BCUT2D eigenvalue weighted by Gasteiger charge is -2.24. The molecule has 4 rings (SSSR count). The van der Waals surface area contributed by atoms with Gasteiger partial charge in [-0.15, -0.1) is 0 Å². The fourth-order valence-corrected chi connectivity index (χ4v) is 4.50. The minimum Gasteiger partial charge on any atom is -0.497 e. The molecule has 0 radical (unpaired) electrons. The molecule has 7 heteroatoms. The Kier molecular flexibility index (Phi) is 6.89. The second kappa shape index (κ2) is 9.98. The SMILES string of the molecule is CCNC(=NCc1ccn(-c2ccc(OC)cc2)n1)NC1CCN(C2CCCC2)C1. The molecule has 0 amide bonds. The Balaban J connectivity index is 1.34. The van der Waals surface area contributed by atoms with Gasteiger partial charge in [-0.3, -0.25) is 4.90 Å². The number of likely N-dealkylation sites (tertiary alicyclic amines) is 1. The Hall–Kier alpha value is -2.54. The highest BCUT2D eigenvalue weighted by molar-refractivity contribution is 5.80. The van der Waals surface area contributed by atoms with Crippen molar-refractivity contribution in [3.8, 4) is 11.4 Å². The van der Waals surface area contributed by atoms with Gasteiger partial charge in [0.15, 0.2) is 5.96 Å². The third-order valence-electron chi connectivity index (χ3n) is 6.13. The zero-order valence-electron chi connectivity index (χ0n) is 18.2. The van der Waals surface area contributed by atoms with E-state index >= 15 is 0 Å². The average Bonchev–Trinajstić information content (AvgIpc) is 3.54. The molecule has 1 aliphatic heterocycles. The molecule has 1 atom stereocenters. The normalized spacial score (nSPS) is 20.6. The van der Waals surface area contributed by atoms with E-state index in [0.717, 1.165) is 42.2 Å². The molecule has 2 heterocycles. The van der Waals surface area contributed by atoms with Gasteiger partial charge in [-0.05, 0) is 56.5 Å². The number of nitrogens with one attached hydrogen (secondary N) is 2. The number of guanidine groups is 1. The summed E-state index contributed by atoms with van der Waals surface area (Å²) in [5.41, 5.74) is 1.95. The van der Waals surface area contributed by atoms with Crippen LogP contribution in [-0.4, -0.2) is 59.5 Å². The van der Waals surface area contributed by atoms with Gasteiger partial charge in [0.25, 0.3) is 0 Å². The van der Waals surface area contributed by atoms with E-state index in [2.05, 4.69) is 27.6 Å². The molecule has 1 aliphatic carbocycles. The molecule has 1 saturated carbocycles. The molecule has 0 spiro atoms. The van der Waals surface area contributed by atoms with Gasteiger partial charge in [-0.2, -0.15) is 5.10 Å².